The Labute approximate surface area is 344 Å². The van der Waals surface area contributed by atoms with Crippen molar-refractivity contribution in [1.82, 2.24) is 9.91 Å². The van der Waals surface area contributed by atoms with Crippen LogP contribution in [0.15, 0.2) is 41.2 Å². The van der Waals surface area contributed by atoms with Crippen LogP contribution in [0.4, 0.5) is 5.69 Å². The molecule has 1 fully saturated rings. The lowest BCUT2D eigenvalue weighted by molar-refractivity contribution is -0.160. The Bertz CT molecular complexity index is 2070. The van der Waals surface area contributed by atoms with Gasteiger partial charge in [0, 0.05) is 87.3 Å². The number of nitrogens with zero attached hydrogens (tertiary/aromatic N) is 3. The number of carbonyl (C=O) groups is 3. The number of esters is 1. The highest BCUT2D eigenvalue weighted by molar-refractivity contribution is 6.23. The highest BCUT2D eigenvalue weighted by atomic mass is 16.7. The number of ketones is 1. The van der Waals surface area contributed by atoms with E-state index >= 15 is 0 Å². The minimum atomic E-state index is -2.04. The van der Waals surface area contributed by atoms with E-state index in [9.17, 15) is 39.9 Å². The number of likely N-dealkylation sites (N-methyl/N-ethyl adjacent to an activating group) is 1. The van der Waals surface area contributed by atoms with E-state index in [0.29, 0.717) is 13.1 Å². The first-order valence-electron chi connectivity index (χ1n) is 19.8. The maximum atomic E-state index is 14.4. The molecule has 4 aliphatic rings. The highest BCUT2D eigenvalue weighted by Crippen LogP contribution is 2.55. The highest BCUT2D eigenvalue weighted by Gasteiger charge is 2.50. The number of aliphatic hydroxyl groups excluding tert-OH is 2. The molecular formula is C43H58N4O12. The molecule has 5 bridgehead atoms. The number of aliphatic hydroxyl groups is 2. The van der Waals surface area contributed by atoms with Crippen molar-refractivity contribution < 1.29 is 58.9 Å². The number of anilines is 1. The average molecular weight is 823 g/mol. The van der Waals surface area contributed by atoms with Gasteiger partial charge >= 0.3 is 11.8 Å². The van der Waals surface area contributed by atoms with Gasteiger partial charge in [-0.05, 0) is 27.0 Å². The van der Waals surface area contributed by atoms with Crippen molar-refractivity contribution in [2.24, 2.45) is 28.8 Å². The number of aromatic hydroxyl groups is 3. The van der Waals surface area contributed by atoms with Gasteiger partial charge in [0.2, 0.25) is 0 Å². The van der Waals surface area contributed by atoms with Gasteiger partial charge in [-0.1, -0.05) is 45.9 Å². The van der Waals surface area contributed by atoms with Crippen LogP contribution in [-0.2, 0) is 23.8 Å². The molecule has 0 saturated carbocycles. The molecule has 1 amide bonds. The van der Waals surface area contributed by atoms with Crippen molar-refractivity contribution in [3.05, 3.63) is 52.8 Å². The molecule has 4 heterocycles. The number of hydrogen-bond donors (Lipinski definition) is 6. The van der Waals surface area contributed by atoms with Crippen LogP contribution in [0.5, 0.6) is 23.0 Å². The summed E-state index contributed by atoms with van der Waals surface area (Å²) in [4.78, 5) is 42.6. The zero-order chi connectivity index (χ0) is 43.7. The van der Waals surface area contributed by atoms with E-state index < -0.39 is 88.8 Å². The number of hydrazone groups is 1. The average Bonchev–Trinajstić information content (AvgIpc) is 3.46. The van der Waals surface area contributed by atoms with Gasteiger partial charge in [-0.15, -0.1) is 0 Å². The first kappa shape index (κ1) is 44.9. The quantitative estimate of drug-likeness (QED) is 0.109. The van der Waals surface area contributed by atoms with Gasteiger partial charge in [-0.2, -0.15) is 5.10 Å². The molecule has 322 valence electrons. The van der Waals surface area contributed by atoms with E-state index in [2.05, 4.69) is 15.3 Å². The zero-order valence-electron chi connectivity index (χ0n) is 35.3. The largest absolute Gasteiger partial charge is 0.507 e. The summed E-state index contributed by atoms with van der Waals surface area (Å²) in [7, 11) is 3.42. The minimum absolute atomic E-state index is 0.0559. The molecule has 0 aromatic heterocycles. The van der Waals surface area contributed by atoms with Gasteiger partial charge in [0.25, 0.3) is 11.7 Å². The van der Waals surface area contributed by atoms with E-state index in [4.69, 9.17) is 18.9 Å². The molecule has 2 aromatic rings. The smallest absolute Gasteiger partial charge is 0.312 e. The van der Waals surface area contributed by atoms with Crippen LogP contribution in [-0.4, -0.2) is 130 Å². The number of carbonyl (C=O) groups excluding carboxylic acids is 3. The summed E-state index contributed by atoms with van der Waals surface area (Å²) < 4.78 is 23.6. The second-order valence-corrected chi connectivity index (χ2v) is 16.1. The number of phenols is 3. The van der Waals surface area contributed by atoms with E-state index in [1.54, 1.807) is 44.9 Å². The van der Waals surface area contributed by atoms with Crippen molar-refractivity contribution in [3.63, 3.8) is 0 Å². The van der Waals surface area contributed by atoms with Gasteiger partial charge in [0.1, 0.15) is 23.4 Å². The van der Waals surface area contributed by atoms with Crippen LogP contribution in [0.1, 0.15) is 70.0 Å². The molecule has 6 rings (SSSR count). The summed E-state index contributed by atoms with van der Waals surface area (Å²) >= 11 is 0. The Morgan fingerprint density at radius 1 is 0.949 bits per heavy atom. The third-order valence-corrected chi connectivity index (χ3v) is 11.9. The summed E-state index contributed by atoms with van der Waals surface area (Å²) in [6, 6.07) is 0. The number of hydrogen-bond acceptors (Lipinski definition) is 15. The van der Waals surface area contributed by atoms with Crippen molar-refractivity contribution in [2.45, 2.75) is 85.6 Å². The number of phenolic OH excluding ortho intramolecular Hbond substituents is 3. The van der Waals surface area contributed by atoms with E-state index in [1.807, 2.05) is 7.05 Å². The number of amides is 1. The fourth-order valence-electron chi connectivity index (χ4n) is 7.92. The van der Waals surface area contributed by atoms with Gasteiger partial charge in [0.15, 0.2) is 5.75 Å². The number of ether oxygens (including phenoxy) is 4. The number of methoxy groups -OCH3 is 1. The number of allylic oxidation sites excluding steroid dienone is 2. The van der Waals surface area contributed by atoms with E-state index in [1.165, 1.54) is 59.4 Å². The number of nitrogens with one attached hydrogen (secondary N) is 1. The molecule has 1 unspecified atom stereocenters. The molecule has 2 aromatic carbocycles. The van der Waals surface area contributed by atoms with Crippen LogP contribution in [0, 0.1) is 30.6 Å². The first-order valence-corrected chi connectivity index (χ1v) is 19.8. The van der Waals surface area contributed by atoms with Crippen LogP contribution < -0.4 is 10.1 Å². The van der Waals surface area contributed by atoms with Crippen LogP contribution in [0.3, 0.4) is 0 Å². The maximum absolute atomic E-state index is 14.4. The number of rotatable bonds is 4. The number of benzene rings is 2. The number of fused-ring (bicyclic) bond motifs is 14. The summed E-state index contributed by atoms with van der Waals surface area (Å²) in [6.07, 6.45) is 4.86. The fraction of sp³-hybridized carbons (Fsp3) is 0.535. The van der Waals surface area contributed by atoms with Crippen molar-refractivity contribution in [1.29, 1.82) is 0 Å². The molecule has 4 aliphatic heterocycles. The Hall–Kier alpha value is -5.16. The normalized spacial score (nSPS) is 30.1. The zero-order valence-corrected chi connectivity index (χ0v) is 35.3. The number of Topliss-reactive ketones (excluding diaryl/α,β-unsaturated/α-hetero) is 1. The SMILES string of the molecule is CO[C@H]1C=COC2(C)Oc3c(C)c(O)c4c(O)c(c(C=NN5CCN(C)CC5)c(O)c4c3C2=O)NC(=O)C(C)=CC=C[C@H](C)[C@H](O)[C@@H](C)[C@@H](O)[C@@H](C)[C@H](OC(C)=O)[C@@H]1C. The lowest BCUT2D eigenvalue weighted by Crippen LogP contribution is -2.46. The second kappa shape index (κ2) is 18.0. The summed E-state index contributed by atoms with van der Waals surface area (Å²) in [5, 5.41) is 66.8. The molecule has 6 N–H and O–H groups in total. The summed E-state index contributed by atoms with van der Waals surface area (Å²) in [6.45, 7) is 15.1. The third-order valence-electron chi connectivity index (χ3n) is 11.9. The first-order chi connectivity index (χ1) is 27.7. The third kappa shape index (κ3) is 8.91. The van der Waals surface area contributed by atoms with Crippen LogP contribution >= 0.6 is 0 Å². The molecule has 16 nitrogen and oxygen atoms in total. The molecule has 16 heteroatoms. The molecule has 0 radical (unpaired) electrons. The van der Waals surface area contributed by atoms with Crippen LogP contribution in [0.2, 0.25) is 0 Å². The molecule has 0 aliphatic carbocycles. The number of piperazine rings is 1. The van der Waals surface area contributed by atoms with E-state index in [0.717, 1.165) is 13.1 Å². The topological polar surface area (TPSA) is 220 Å². The molecule has 59 heavy (non-hydrogen) atoms. The predicted molar refractivity (Wildman–Crippen MR) is 220 cm³/mol. The molecule has 0 spiro atoms. The maximum Gasteiger partial charge on any atom is 0.312 e. The second-order valence-electron chi connectivity index (χ2n) is 16.1. The Morgan fingerprint density at radius 2 is 1.61 bits per heavy atom. The fourth-order valence-corrected chi connectivity index (χ4v) is 7.92. The Balaban J connectivity index is 1.70. The van der Waals surface area contributed by atoms with Crippen LogP contribution in [0.25, 0.3) is 10.8 Å². The summed E-state index contributed by atoms with van der Waals surface area (Å²) in [5.74, 6) is -8.34. The van der Waals surface area contributed by atoms with E-state index in [-0.39, 0.29) is 44.5 Å². The predicted octanol–water partition coefficient (Wildman–Crippen LogP) is 4.34. The van der Waals surface area contributed by atoms with Gasteiger partial charge in [-0.25, -0.2) is 0 Å². The van der Waals surface area contributed by atoms with Crippen molar-refractivity contribution in [3.8, 4) is 23.0 Å². The molecule has 9 atom stereocenters. The molecule has 1 saturated heterocycles. The standard InChI is InChI=1S/C43H58N4O12/c1-21-12-11-13-22(2)42(55)45-33-28(20-44-47-17-15-46(9)16-18-47)37(52)30-31(38(33)53)36(51)26(6)40-32(30)41(54)43(8,59-40)57-19-14-29(56-10)23(3)39(58-27(7)48)25(5)35(50)24(4)34(21)49/h11-14,19-21,23-25,29,34-35,39,49-53H,15-18H2,1-10H3,(H,45,55)/t21-,23+,24+,25+,29-,34-,35+,39+,43?/m0/s1. The van der Waals surface area contributed by atoms with Gasteiger partial charge in [0.05, 0.1) is 53.0 Å². The van der Waals surface area contributed by atoms with Crippen molar-refractivity contribution >= 4 is 40.3 Å². The monoisotopic (exact) mass is 822 g/mol. The van der Waals surface area contributed by atoms with Gasteiger partial charge < -0.3 is 54.7 Å². The van der Waals surface area contributed by atoms with Gasteiger partial charge in [-0.3, -0.25) is 19.4 Å². The summed E-state index contributed by atoms with van der Waals surface area (Å²) in [5.41, 5.74) is -0.350. The molecular weight excluding hydrogens is 764 g/mol. The Kier molecular flexibility index (Phi) is 13.7. The lowest BCUT2D eigenvalue weighted by atomic mass is 9.78. The lowest BCUT2D eigenvalue weighted by Gasteiger charge is -2.38. The Morgan fingerprint density at radius 3 is 2.24 bits per heavy atom. The minimum Gasteiger partial charge on any atom is -0.507 e. The van der Waals surface area contributed by atoms with Crippen molar-refractivity contribution in [2.75, 3.05) is 45.7 Å².